The summed E-state index contributed by atoms with van der Waals surface area (Å²) in [6, 6.07) is 17.6. The van der Waals surface area contributed by atoms with Gasteiger partial charge in [-0.3, -0.25) is 9.10 Å². The van der Waals surface area contributed by atoms with Crippen LogP contribution in [0.15, 0.2) is 71.6 Å². The Bertz CT molecular complexity index is 1150. The summed E-state index contributed by atoms with van der Waals surface area (Å²) >= 11 is 11.7. The molecule has 0 saturated heterocycles. The molecule has 3 rings (SSSR count). The van der Waals surface area contributed by atoms with Gasteiger partial charge in [-0.05, 0) is 79.2 Å². The molecular weight excluding hydrogens is 431 g/mol. The van der Waals surface area contributed by atoms with E-state index in [9.17, 15) is 13.2 Å². The smallest absolute Gasteiger partial charge is 0.264 e. The Morgan fingerprint density at radius 1 is 0.897 bits per heavy atom. The monoisotopic (exact) mass is 448 g/mol. The van der Waals surface area contributed by atoms with Gasteiger partial charge in [-0.1, -0.05) is 23.2 Å². The number of hydrogen-bond acceptors (Lipinski definition) is 3. The van der Waals surface area contributed by atoms with Gasteiger partial charge in [0.25, 0.3) is 15.9 Å². The number of nitrogens with one attached hydrogen (secondary N) is 1. The van der Waals surface area contributed by atoms with Gasteiger partial charge in [0.2, 0.25) is 0 Å². The number of hydrogen-bond donors (Lipinski definition) is 1. The summed E-state index contributed by atoms with van der Waals surface area (Å²) < 4.78 is 26.9. The van der Waals surface area contributed by atoms with Crippen molar-refractivity contribution in [3.05, 3.63) is 87.9 Å². The van der Waals surface area contributed by atoms with Crippen molar-refractivity contribution in [3.63, 3.8) is 0 Å². The molecule has 0 atom stereocenters. The van der Waals surface area contributed by atoms with Gasteiger partial charge < -0.3 is 5.32 Å². The summed E-state index contributed by atoms with van der Waals surface area (Å²) in [5.41, 5.74) is 2.15. The maximum absolute atomic E-state index is 12.9. The lowest BCUT2D eigenvalue weighted by Gasteiger charge is -2.22. The van der Waals surface area contributed by atoms with E-state index in [2.05, 4.69) is 5.32 Å². The zero-order valence-corrected chi connectivity index (χ0v) is 18.0. The van der Waals surface area contributed by atoms with E-state index in [0.29, 0.717) is 32.5 Å². The van der Waals surface area contributed by atoms with Gasteiger partial charge in [-0.15, -0.1) is 0 Å². The first kappa shape index (κ1) is 21.2. The van der Waals surface area contributed by atoms with Crippen LogP contribution >= 0.6 is 23.2 Å². The number of aryl methyl sites for hydroxylation is 1. The summed E-state index contributed by atoms with van der Waals surface area (Å²) in [6.45, 7) is 1.75. The summed E-state index contributed by atoms with van der Waals surface area (Å²) in [6.07, 6.45) is 0. The lowest BCUT2D eigenvalue weighted by molar-refractivity contribution is 0.102. The van der Waals surface area contributed by atoms with Gasteiger partial charge in [0.1, 0.15) is 0 Å². The van der Waals surface area contributed by atoms with Crippen LogP contribution in [0, 0.1) is 6.92 Å². The maximum Gasteiger partial charge on any atom is 0.264 e. The SMILES string of the molecule is Cc1cc(C(=O)Nc2ccc(Cl)cc2)ccc1N(C)S(=O)(=O)c1ccc(Cl)cc1. The lowest BCUT2D eigenvalue weighted by atomic mass is 10.1. The minimum absolute atomic E-state index is 0.133. The summed E-state index contributed by atoms with van der Waals surface area (Å²) in [7, 11) is -2.28. The minimum Gasteiger partial charge on any atom is -0.322 e. The molecule has 3 aromatic carbocycles. The number of carbonyl (C=O) groups excluding carboxylic acids is 1. The molecule has 1 N–H and O–H groups in total. The Morgan fingerprint density at radius 2 is 1.45 bits per heavy atom. The predicted molar refractivity (Wildman–Crippen MR) is 118 cm³/mol. The molecule has 0 spiro atoms. The highest BCUT2D eigenvalue weighted by Gasteiger charge is 2.23. The Labute approximate surface area is 179 Å². The van der Waals surface area contributed by atoms with Crippen LogP contribution in [0.1, 0.15) is 15.9 Å². The number of benzene rings is 3. The number of rotatable bonds is 5. The second-order valence-electron chi connectivity index (χ2n) is 6.39. The minimum atomic E-state index is -3.76. The van der Waals surface area contributed by atoms with Crippen molar-refractivity contribution in [2.24, 2.45) is 0 Å². The molecule has 0 aromatic heterocycles. The molecule has 0 aliphatic heterocycles. The second-order valence-corrected chi connectivity index (χ2v) is 9.23. The van der Waals surface area contributed by atoms with Crippen molar-refractivity contribution >= 4 is 50.5 Å². The Kier molecular flexibility index (Phi) is 6.17. The van der Waals surface area contributed by atoms with E-state index in [0.717, 1.165) is 0 Å². The van der Waals surface area contributed by atoms with Crippen molar-refractivity contribution in [2.75, 3.05) is 16.7 Å². The van der Waals surface area contributed by atoms with Crippen LogP contribution in [0.25, 0.3) is 0 Å². The van der Waals surface area contributed by atoms with Gasteiger partial charge in [-0.2, -0.15) is 0 Å². The van der Waals surface area contributed by atoms with E-state index >= 15 is 0 Å². The molecule has 0 heterocycles. The molecule has 0 unspecified atom stereocenters. The number of halogens is 2. The van der Waals surface area contributed by atoms with Crippen molar-refractivity contribution in [1.29, 1.82) is 0 Å². The largest absolute Gasteiger partial charge is 0.322 e. The van der Waals surface area contributed by atoms with Crippen LogP contribution in [-0.4, -0.2) is 21.4 Å². The van der Waals surface area contributed by atoms with Crippen molar-refractivity contribution in [1.82, 2.24) is 0 Å². The average molecular weight is 449 g/mol. The molecule has 3 aromatic rings. The van der Waals surface area contributed by atoms with E-state index < -0.39 is 10.0 Å². The second kappa shape index (κ2) is 8.45. The van der Waals surface area contributed by atoms with Gasteiger partial charge in [0.05, 0.1) is 10.6 Å². The average Bonchev–Trinajstić information content (AvgIpc) is 2.69. The third-order valence-corrected chi connectivity index (χ3v) is 6.66. The molecule has 0 fully saturated rings. The number of sulfonamides is 1. The highest BCUT2D eigenvalue weighted by Crippen LogP contribution is 2.27. The highest BCUT2D eigenvalue weighted by atomic mass is 35.5. The highest BCUT2D eigenvalue weighted by molar-refractivity contribution is 7.92. The third-order valence-electron chi connectivity index (χ3n) is 4.37. The fourth-order valence-corrected chi connectivity index (χ4v) is 4.29. The van der Waals surface area contributed by atoms with Crippen LogP contribution in [0.5, 0.6) is 0 Å². The Hall–Kier alpha value is -2.54. The molecule has 5 nitrogen and oxygen atoms in total. The zero-order valence-electron chi connectivity index (χ0n) is 15.7. The van der Waals surface area contributed by atoms with E-state index in [1.165, 1.54) is 35.6 Å². The molecular formula is C21H18Cl2N2O3S. The van der Waals surface area contributed by atoms with Gasteiger partial charge in [0, 0.05) is 28.3 Å². The fourth-order valence-electron chi connectivity index (χ4n) is 2.78. The van der Waals surface area contributed by atoms with Crippen LogP contribution in [0.2, 0.25) is 10.0 Å². The first-order valence-electron chi connectivity index (χ1n) is 8.60. The molecule has 29 heavy (non-hydrogen) atoms. The first-order chi connectivity index (χ1) is 13.7. The number of nitrogens with zero attached hydrogens (tertiary/aromatic N) is 1. The van der Waals surface area contributed by atoms with Crippen LogP contribution < -0.4 is 9.62 Å². The van der Waals surface area contributed by atoms with Crippen LogP contribution in [0.3, 0.4) is 0 Å². The third kappa shape index (κ3) is 4.72. The zero-order chi connectivity index (χ0) is 21.2. The maximum atomic E-state index is 12.9. The van der Waals surface area contributed by atoms with E-state index in [1.807, 2.05) is 0 Å². The Balaban J connectivity index is 1.83. The summed E-state index contributed by atoms with van der Waals surface area (Å²) in [4.78, 5) is 12.6. The van der Waals surface area contributed by atoms with Crippen molar-refractivity contribution in [2.45, 2.75) is 11.8 Å². The standard InChI is InChI=1S/C21H18Cl2N2O3S/c1-14-13-15(21(26)24-18-8-4-16(22)5-9-18)3-12-20(14)25(2)29(27,28)19-10-6-17(23)7-11-19/h3-13H,1-2H3,(H,24,26). The summed E-state index contributed by atoms with van der Waals surface area (Å²) in [5.74, 6) is -0.301. The predicted octanol–water partition coefficient (Wildman–Crippen LogP) is 5.38. The molecule has 0 radical (unpaired) electrons. The summed E-state index contributed by atoms with van der Waals surface area (Å²) in [5, 5.41) is 3.82. The van der Waals surface area contributed by atoms with E-state index in [-0.39, 0.29) is 10.8 Å². The topological polar surface area (TPSA) is 66.5 Å². The molecule has 150 valence electrons. The molecule has 0 saturated carbocycles. The van der Waals surface area contributed by atoms with E-state index in [1.54, 1.807) is 49.4 Å². The van der Waals surface area contributed by atoms with Gasteiger partial charge in [0.15, 0.2) is 0 Å². The number of amides is 1. The van der Waals surface area contributed by atoms with Crippen LogP contribution in [-0.2, 0) is 10.0 Å². The molecule has 8 heteroatoms. The van der Waals surface area contributed by atoms with Gasteiger partial charge in [-0.25, -0.2) is 8.42 Å². The number of carbonyl (C=O) groups is 1. The normalized spacial score (nSPS) is 11.2. The Morgan fingerprint density at radius 3 is 2.00 bits per heavy atom. The number of anilines is 2. The van der Waals surface area contributed by atoms with Crippen molar-refractivity contribution < 1.29 is 13.2 Å². The molecule has 0 bridgehead atoms. The fraction of sp³-hybridized carbons (Fsp3) is 0.0952. The first-order valence-corrected chi connectivity index (χ1v) is 10.8. The van der Waals surface area contributed by atoms with E-state index in [4.69, 9.17) is 23.2 Å². The quantitative estimate of drug-likeness (QED) is 0.569. The molecule has 0 aliphatic carbocycles. The van der Waals surface area contributed by atoms with Gasteiger partial charge >= 0.3 is 0 Å². The molecule has 0 aliphatic rings. The van der Waals surface area contributed by atoms with Crippen LogP contribution in [0.4, 0.5) is 11.4 Å². The van der Waals surface area contributed by atoms with Crippen molar-refractivity contribution in [3.8, 4) is 0 Å². The lowest BCUT2D eigenvalue weighted by Crippen LogP contribution is -2.27. The molecule has 1 amide bonds.